The van der Waals surface area contributed by atoms with Crippen molar-refractivity contribution < 1.29 is 4.79 Å². The van der Waals surface area contributed by atoms with Gasteiger partial charge in [-0.3, -0.25) is 4.79 Å². The van der Waals surface area contributed by atoms with Gasteiger partial charge in [0, 0.05) is 29.9 Å². The minimum atomic E-state index is 0.194. The van der Waals surface area contributed by atoms with Crippen molar-refractivity contribution in [1.82, 2.24) is 9.88 Å². The van der Waals surface area contributed by atoms with Crippen molar-refractivity contribution in [3.05, 3.63) is 17.0 Å². The number of nitrogens with zero attached hydrogens (tertiary/aromatic N) is 1. The third-order valence-electron chi connectivity index (χ3n) is 5.92. The number of fused-ring (bicyclic) bond motifs is 1. The van der Waals surface area contributed by atoms with Gasteiger partial charge in [0.25, 0.3) is 0 Å². The summed E-state index contributed by atoms with van der Waals surface area (Å²) < 4.78 is 2.31. The van der Waals surface area contributed by atoms with Gasteiger partial charge in [-0.1, -0.05) is 32.1 Å². The molecular formula is C20H32N2OS. The molecular weight excluding hydrogens is 316 g/mol. The summed E-state index contributed by atoms with van der Waals surface area (Å²) in [6, 6.07) is 0. The Morgan fingerprint density at radius 2 is 1.92 bits per heavy atom. The van der Waals surface area contributed by atoms with Crippen LogP contribution < -0.4 is 5.32 Å². The second-order valence-electron chi connectivity index (χ2n) is 7.49. The van der Waals surface area contributed by atoms with Crippen LogP contribution in [-0.2, 0) is 31.1 Å². The molecule has 1 N–H and O–H groups in total. The first kappa shape index (κ1) is 17.9. The summed E-state index contributed by atoms with van der Waals surface area (Å²) >= 11 is 1.82. The lowest BCUT2D eigenvalue weighted by Gasteiger charge is -2.21. The zero-order valence-corrected chi connectivity index (χ0v) is 16.1. The van der Waals surface area contributed by atoms with Crippen LogP contribution in [0.25, 0.3) is 0 Å². The zero-order chi connectivity index (χ0) is 16.9. The second-order valence-corrected chi connectivity index (χ2v) is 8.31. The third-order valence-corrected chi connectivity index (χ3v) is 6.81. The third kappa shape index (κ3) is 4.01. The minimum absolute atomic E-state index is 0.194. The van der Waals surface area contributed by atoms with Crippen molar-refractivity contribution >= 4 is 17.7 Å². The highest BCUT2D eigenvalue weighted by Gasteiger charge is 2.23. The molecule has 0 aromatic carbocycles. The molecule has 2 aliphatic rings. The maximum Gasteiger partial charge on any atom is 0.225 e. The predicted molar refractivity (Wildman–Crippen MR) is 102 cm³/mol. The Kier molecular flexibility index (Phi) is 6.31. The highest BCUT2D eigenvalue weighted by molar-refractivity contribution is 7.98. The highest BCUT2D eigenvalue weighted by Crippen LogP contribution is 2.35. The van der Waals surface area contributed by atoms with Crippen molar-refractivity contribution in [2.75, 3.05) is 12.8 Å². The van der Waals surface area contributed by atoms with E-state index in [0.717, 1.165) is 18.9 Å². The average Bonchev–Trinajstić information content (AvgIpc) is 2.88. The van der Waals surface area contributed by atoms with E-state index in [0.29, 0.717) is 6.42 Å². The van der Waals surface area contributed by atoms with Crippen LogP contribution in [0.2, 0.25) is 0 Å². The SMILES string of the molecule is CSc1c2c(n(C)c1CC(=O)NCCC1CCCCC1)CCCC2. The Hall–Kier alpha value is -0.900. The van der Waals surface area contributed by atoms with Gasteiger partial charge in [-0.05, 0) is 49.8 Å². The number of amides is 1. The minimum Gasteiger partial charge on any atom is -0.356 e. The summed E-state index contributed by atoms with van der Waals surface area (Å²) in [7, 11) is 2.15. The van der Waals surface area contributed by atoms with E-state index in [1.165, 1.54) is 79.6 Å². The monoisotopic (exact) mass is 348 g/mol. The molecule has 0 saturated heterocycles. The topological polar surface area (TPSA) is 34.0 Å². The predicted octanol–water partition coefficient (Wildman–Crippen LogP) is 4.25. The van der Waals surface area contributed by atoms with E-state index in [9.17, 15) is 4.79 Å². The highest BCUT2D eigenvalue weighted by atomic mass is 32.2. The molecule has 1 heterocycles. The molecule has 2 aliphatic carbocycles. The van der Waals surface area contributed by atoms with Crippen molar-refractivity contribution in [2.24, 2.45) is 13.0 Å². The molecule has 24 heavy (non-hydrogen) atoms. The fourth-order valence-corrected chi connectivity index (χ4v) is 5.45. The van der Waals surface area contributed by atoms with Crippen LogP contribution >= 0.6 is 11.8 Å². The summed E-state index contributed by atoms with van der Waals surface area (Å²) in [6.07, 6.45) is 15.6. The molecule has 1 aromatic rings. The fraction of sp³-hybridized carbons (Fsp3) is 0.750. The van der Waals surface area contributed by atoms with Gasteiger partial charge >= 0.3 is 0 Å². The van der Waals surface area contributed by atoms with Crippen LogP contribution in [0, 0.1) is 5.92 Å². The normalized spacial score (nSPS) is 18.4. The first-order valence-corrected chi connectivity index (χ1v) is 10.9. The zero-order valence-electron chi connectivity index (χ0n) is 15.3. The average molecular weight is 349 g/mol. The van der Waals surface area contributed by atoms with E-state index >= 15 is 0 Å². The molecule has 3 rings (SSSR count). The molecule has 0 unspecified atom stereocenters. The largest absolute Gasteiger partial charge is 0.356 e. The molecule has 3 nitrogen and oxygen atoms in total. The molecule has 1 fully saturated rings. The number of aromatic nitrogens is 1. The summed E-state index contributed by atoms with van der Waals surface area (Å²) in [5.74, 6) is 1.03. The second kappa shape index (κ2) is 8.46. The van der Waals surface area contributed by atoms with Gasteiger partial charge in [-0.25, -0.2) is 0 Å². The van der Waals surface area contributed by atoms with Gasteiger partial charge in [0.05, 0.1) is 6.42 Å². The van der Waals surface area contributed by atoms with E-state index in [1.54, 1.807) is 0 Å². The molecule has 0 spiro atoms. The van der Waals surface area contributed by atoms with Crippen LogP contribution in [0.5, 0.6) is 0 Å². The molecule has 0 bridgehead atoms. The molecule has 1 saturated carbocycles. The number of thioether (sulfide) groups is 1. The number of hydrogen-bond donors (Lipinski definition) is 1. The molecule has 0 radical (unpaired) electrons. The quantitative estimate of drug-likeness (QED) is 0.780. The standard InChI is InChI=1S/C20H32N2OS/c1-22-17-11-7-6-10-16(17)20(24-2)18(22)14-19(23)21-13-12-15-8-4-3-5-9-15/h15H,3-14H2,1-2H3,(H,21,23). The van der Waals surface area contributed by atoms with E-state index in [4.69, 9.17) is 0 Å². The Morgan fingerprint density at radius 1 is 1.17 bits per heavy atom. The number of carbonyl (C=O) groups excluding carboxylic acids is 1. The summed E-state index contributed by atoms with van der Waals surface area (Å²) in [6.45, 7) is 0.849. The van der Waals surface area contributed by atoms with Gasteiger partial charge in [0.15, 0.2) is 0 Å². The lowest BCUT2D eigenvalue weighted by Crippen LogP contribution is -2.28. The summed E-state index contributed by atoms with van der Waals surface area (Å²) in [5, 5.41) is 3.18. The van der Waals surface area contributed by atoms with Gasteiger partial charge in [0.2, 0.25) is 5.91 Å². The van der Waals surface area contributed by atoms with Gasteiger partial charge in [-0.2, -0.15) is 0 Å². The number of hydrogen-bond acceptors (Lipinski definition) is 2. The maximum absolute atomic E-state index is 12.5. The first-order valence-electron chi connectivity index (χ1n) is 9.70. The molecule has 1 aromatic heterocycles. The van der Waals surface area contributed by atoms with Crippen molar-refractivity contribution in [2.45, 2.75) is 75.5 Å². The Morgan fingerprint density at radius 3 is 2.67 bits per heavy atom. The summed E-state index contributed by atoms with van der Waals surface area (Å²) in [4.78, 5) is 13.8. The van der Waals surface area contributed by atoms with Crippen molar-refractivity contribution in [1.29, 1.82) is 0 Å². The van der Waals surface area contributed by atoms with Gasteiger partial charge in [0.1, 0.15) is 0 Å². The van der Waals surface area contributed by atoms with E-state index < -0.39 is 0 Å². The Balaban J connectivity index is 1.57. The van der Waals surface area contributed by atoms with Crippen LogP contribution in [0.15, 0.2) is 4.90 Å². The smallest absolute Gasteiger partial charge is 0.225 e. The number of nitrogens with one attached hydrogen (secondary N) is 1. The molecule has 0 atom stereocenters. The number of rotatable bonds is 6. The van der Waals surface area contributed by atoms with Crippen LogP contribution in [0.3, 0.4) is 0 Å². The summed E-state index contributed by atoms with van der Waals surface area (Å²) in [5.41, 5.74) is 4.21. The lowest BCUT2D eigenvalue weighted by atomic mass is 9.87. The van der Waals surface area contributed by atoms with E-state index in [1.807, 2.05) is 11.8 Å². The Labute approximate surface area is 151 Å². The van der Waals surface area contributed by atoms with Crippen LogP contribution in [-0.4, -0.2) is 23.3 Å². The number of carbonyl (C=O) groups is 1. The van der Waals surface area contributed by atoms with Gasteiger partial charge < -0.3 is 9.88 Å². The maximum atomic E-state index is 12.5. The Bertz CT molecular complexity index is 573. The van der Waals surface area contributed by atoms with Crippen molar-refractivity contribution in [3.8, 4) is 0 Å². The van der Waals surface area contributed by atoms with E-state index in [-0.39, 0.29) is 5.91 Å². The first-order chi connectivity index (χ1) is 11.7. The molecule has 1 amide bonds. The van der Waals surface area contributed by atoms with Gasteiger partial charge in [-0.15, -0.1) is 11.8 Å². The van der Waals surface area contributed by atoms with Crippen molar-refractivity contribution in [3.63, 3.8) is 0 Å². The fourth-order valence-electron chi connectivity index (χ4n) is 4.54. The lowest BCUT2D eigenvalue weighted by molar-refractivity contribution is -0.120. The molecule has 0 aliphatic heterocycles. The van der Waals surface area contributed by atoms with Crippen LogP contribution in [0.1, 0.15) is 68.3 Å². The van der Waals surface area contributed by atoms with E-state index in [2.05, 4.69) is 23.2 Å². The molecule has 4 heteroatoms. The molecule has 134 valence electrons. The van der Waals surface area contributed by atoms with Crippen LogP contribution in [0.4, 0.5) is 0 Å².